The smallest absolute Gasteiger partial charge is 0.494 e. The molecule has 1 aromatic heterocycles. The van der Waals surface area contributed by atoms with E-state index in [1.165, 1.54) is 6.92 Å². The molecule has 1 rings (SSSR count). The number of rotatable bonds is 5. The van der Waals surface area contributed by atoms with Crippen LogP contribution in [0.25, 0.3) is 0 Å². The average Bonchev–Trinajstić information content (AvgIpc) is 2.35. The molecule has 1 heterocycles. The van der Waals surface area contributed by atoms with Crippen LogP contribution in [0.5, 0.6) is 11.6 Å². The van der Waals surface area contributed by atoms with Crippen LogP contribution in [0.1, 0.15) is 23.0 Å². The van der Waals surface area contributed by atoms with Crippen molar-refractivity contribution in [2.45, 2.75) is 20.0 Å². The highest BCUT2D eigenvalue weighted by Crippen LogP contribution is 2.30. The fraction of sp³-hybridized carbons (Fsp3) is 0.455. The third-order valence-electron chi connectivity index (χ3n) is 2.07. The lowest BCUT2D eigenvalue weighted by Gasteiger charge is -2.14. The van der Waals surface area contributed by atoms with Crippen molar-refractivity contribution >= 4 is 5.97 Å². The zero-order valence-corrected chi connectivity index (χ0v) is 10.6. The quantitative estimate of drug-likeness (QED) is 0.617. The van der Waals surface area contributed by atoms with E-state index in [9.17, 15) is 22.4 Å². The van der Waals surface area contributed by atoms with Gasteiger partial charge < -0.3 is 14.2 Å². The summed E-state index contributed by atoms with van der Waals surface area (Å²) in [6.07, 6.45) is -5.01. The minimum Gasteiger partial charge on any atom is -0.494 e. The summed E-state index contributed by atoms with van der Waals surface area (Å²) in [5.74, 6) is -2.22. The Bertz CT molecular complexity index is 490. The van der Waals surface area contributed by atoms with Gasteiger partial charge in [0, 0.05) is 6.07 Å². The van der Waals surface area contributed by atoms with Crippen LogP contribution >= 0.6 is 0 Å². The molecule has 0 aliphatic heterocycles. The Balaban J connectivity index is 3.30. The second-order valence-corrected chi connectivity index (χ2v) is 3.39. The van der Waals surface area contributed by atoms with Gasteiger partial charge in [0.2, 0.25) is 5.88 Å². The van der Waals surface area contributed by atoms with E-state index in [-0.39, 0.29) is 12.4 Å². The molecular weight excluding hydrogens is 286 g/mol. The van der Waals surface area contributed by atoms with Gasteiger partial charge in [-0.25, -0.2) is 14.2 Å². The third-order valence-corrected chi connectivity index (χ3v) is 2.07. The fourth-order valence-electron chi connectivity index (χ4n) is 1.41. The molecule has 0 radical (unpaired) electrons. The number of pyridine rings is 1. The minimum absolute atomic E-state index is 0.00920. The van der Waals surface area contributed by atoms with Crippen LogP contribution in [0.3, 0.4) is 0 Å². The molecular formula is C11H11F4NO4. The van der Waals surface area contributed by atoms with Gasteiger partial charge in [0.1, 0.15) is 17.9 Å². The van der Waals surface area contributed by atoms with Crippen molar-refractivity contribution in [2.24, 2.45) is 0 Å². The van der Waals surface area contributed by atoms with Gasteiger partial charge in [0.05, 0.1) is 13.7 Å². The van der Waals surface area contributed by atoms with E-state index in [4.69, 9.17) is 4.74 Å². The number of aromatic nitrogens is 1. The monoisotopic (exact) mass is 297 g/mol. The first-order chi connectivity index (χ1) is 9.32. The van der Waals surface area contributed by atoms with Crippen molar-refractivity contribution in [3.8, 4) is 11.6 Å². The molecule has 5 nitrogen and oxygen atoms in total. The number of alkyl halides is 4. The Hall–Kier alpha value is -2.06. The number of hydrogen-bond donors (Lipinski definition) is 0. The molecule has 1 aromatic rings. The number of hydrogen-bond acceptors (Lipinski definition) is 5. The van der Waals surface area contributed by atoms with Gasteiger partial charge in [0.15, 0.2) is 5.75 Å². The summed E-state index contributed by atoms with van der Waals surface area (Å²) >= 11 is 0. The second-order valence-electron chi connectivity index (χ2n) is 3.39. The zero-order chi connectivity index (χ0) is 15.3. The number of carbonyl (C=O) groups is 1. The predicted octanol–water partition coefficient (Wildman–Crippen LogP) is 2.64. The Morgan fingerprint density at radius 1 is 1.40 bits per heavy atom. The molecule has 0 aliphatic rings. The summed E-state index contributed by atoms with van der Waals surface area (Å²) in [6, 6.07) is 0.684. The number of ether oxygens (including phenoxy) is 3. The van der Waals surface area contributed by atoms with Crippen LogP contribution in [-0.2, 0) is 11.4 Å². The zero-order valence-electron chi connectivity index (χ0n) is 10.6. The van der Waals surface area contributed by atoms with Crippen LogP contribution < -0.4 is 9.47 Å². The molecule has 9 heteroatoms. The van der Waals surface area contributed by atoms with E-state index in [2.05, 4.69) is 14.5 Å². The molecule has 0 unspecified atom stereocenters. The highest BCUT2D eigenvalue weighted by Gasteiger charge is 2.33. The lowest BCUT2D eigenvalue weighted by Crippen LogP contribution is -2.19. The largest absolute Gasteiger partial charge is 0.574 e. The SMILES string of the molecule is CCOC(=O)c1cc(OC(F)(F)F)nc(CF)c1OC. The third kappa shape index (κ3) is 3.97. The molecule has 0 atom stereocenters. The van der Waals surface area contributed by atoms with Gasteiger partial charge in [-0.1, -0.05) is 0 Å². The minimum atomic E-state index is -5.01. The van der Waals surface area contributed by atoms with Crippen LogP contribution in [0.2, 0.25) is 0 Å². The van der Waals surface area contributed by atoms with Crippen molar-refractivity contribution < 1.29 is 36.6 Å². The van der Waals surface area contributed by atoms with Crippen LogP contribution in [0.4, 0.5) is 17.6 Å². The first-order valence-corrected chi connectivity index (χ1v) is 5.39. The van der Waals surface area contributed by atoms with E-state index >= 15 is 0 Å². The average molecular weight is 297 g/mol. The standard InChI is InChI=1S/C11H11F4NO4/c1-3-19-10(17)6-4-8(20-11(13,14)15)16-7(5-12)9(6)18-2/h4H,3,5H2,1-2H3. The molecule has 0 bridgehead atoms. The number of esters is 1. The van der Waals surface area contributed by atoms with Gasteiger partial charge >= 0.3 is 12.3 Å². The molecule has 0 amide bonds. The van der Waals surface area contributed by atoms with Gasteiger partial charge in [0.25, 0.3) is 0 Å². The number of nitrogens with zero attached hydrogens (tertiary/aromatic N) is 1. The lowest BCUT2D eigenvalue weighted by molar-refractivity contribution is -0.276. The van der Waals surface area contributed by atoms with Crippen LogP contribution in [-0.4, -0.2) is 31.0 Å². The highest BCUT2D eigenvalue weighted by molar-refractivity contribution is 5.93. The predicted molar refractivity (Wildman–Crippen MR) is 58.2 cm³/mol. The topological polar surface area (TPSA) is 57.7 Å². The van der Waals surface area contributed by atoms with E-state index in [0.717, 1.165) is 7.11 Å². The maximum absolute atomic E-state index is 12.8. The van der Waals surface area contributed by atoms with Crippen molar-refractivity contribution in [1.82, 2.24) is 4.98 Å². The van der Waals surface area contributed by atoms with Gasteiger partial charge in [-0.3, -0.25) is 0 Å². The Morgan fingerprint density at radius 3 is 2.50 bits per heavy atom. The summed E-state index contributed by atoms with van der Waals surface area (Å²) in [5, 5.41) is 0. The van der Waals surface area contributed by atoms with Crippen LogP contribution in [0, 0.1) is 0 Å². The van der Waals surface area contributed by atoms with Crippen LogP contribution in [0.15, 0.2) is 6.07 Å². The Labute approximate surface area is 111 Å². The van der Waals surface area contributed by atoms with E-state index in [1.807, 2.05) is 0 Å². The van der Waals surface area contributed by atoms with Gasteiger partial charge in [-0.15, -0.1) is 13.2 Å². The number of halogens is 4. The molecule has 0 aromatic carbocycles. The molecule has 0 saturated heterocycles. The van der Waals surface area contributed by atoms with Gasteiger partial charge in [-0.2, -0.15) is 0 Å². The van der Waals surface area contributed by atoms with Crippen molar-refractivity contribution in [3.05, 3.63) is 17.3 Å². The van der Waals surface area contributed by atoms with Crippen molar-refractivity contribution in [3.63, 3.8) is 0 Å². The maximum atomic E-state index is 12.8. The van der Waals surface area contributed by atoms with Gasteiger partial charge in [-0.05, 0) is 6.92 Å². The summed E-state index contributed by atoms with van der Waals surface area (Å²) in [5.41, 5.74) is -0.881. The summed E-state index contributed by atoms with van der Waals surface area (Å²) in [7, 11) is 1.13. The first-order valence-electron chi connectivity index (χ1n) is 5.39. The molecule has 20 heavy (non-hydrogen) atoms. The normalized spacial score (nSPS) is 11.1. The van der Waals surface area contributed by atoms with Crippen molar-refractivity contribution in [1.29, 1.82) is 0 Å². The first kappa shape index (κ1) is 16.0. The molecule has 0 fully saturated rings. The summed E-state index contributed by atoms with van der Waals surface area (Å²) < 4.78 is 62.2. The second kappa shape index (κ2) is 6.40. The molecule has 112 valence electrons. The van der Waals surface area contributed by atoms with E-state index < -0.39 is 36.1 Å². The number of carbonyl (C=O) groups excluding carboxylic acids is 1. The maximum Gasteiger partial charge on any atom is 0.574 e. The van der Waals surface area contributed by atoms with Crippen molar-refractivity contribution in [2.75, 3.05) is 13.7 Å². The lowest BCUT2D eigenvalue weighted by atomic mass is 10.2. The molecule has 0 aliphatic carbocycles. The Morgan fingerprint density at radius 2 is 2.05 bits per heavy atom. The molecule has 0 saturated carbocycles. The molecule has 0 N–H and O–H groups in total. The van der Waals surface area contributed by atoms with E-state index in [0.29, 0.717) is 6.07 Å². The van der Waals surface area contributed by atoms with E-state index in [1.54, 1.807) is 0 Å². The summed E-state index contributed by atoms with van der Waals surface area (Å²) in [4.78, 5) is 14.9. The number of methoxy groups -OCH3 is 1. The highest BCUT2D eigenvalue weighted by atomic mass is 19.4. The molecule has 0 spiro atoms. The summed E-state index contributed by atoms with van der Waals surface area (Å²) in [6.45, 7) is 0.268. The Kier molecular flexibility index (Phi) is 5.12. The fourth-order valence-corrected chi connectivity index (χ4v) is 1.41.